The van der Waals surface area contributed by atoms with Gasteiger partial charge in [0.25, 0.3) is 0 Å². The molecule has 0 aliphatic carbocycles. The van der Waals surface area contributed by atoms with Crippen LogP contribution in [0.25, 0.3) is 0 Å². The number of hydrogen-bond donors (Lipinski definition) is 0. The lowest BCUT2D eigenvalue weighted by atomic mass is 10.1. The molecule has 2 atom stereocenters. The highest BCUT2D eigenvalue weighted by molar-refractivity contribution is 5.93. The van der Waals surface area contributed by atoms with Gasteiger partial charge in [-0.1, -0.05) is 26.7 Å². The van der Waals surface area contributed by atoms with E-state index < -0.39 is 0 Å². The van der Waals surface area contributed by atoms with Gasteiger partial charge in [0.05, 0.1) is 11.1 Å². The van der Waals surface area contributed by atoms with Crippen molar-refractivity contribution in [2.24, 2.45) is 0 Å². The molecule has 2 fully saturated rings. The van der Waals surface area contributed by atoms with Gasteiger partial charge in [0, 0.05) is 26.2 Å². The number of rotatable bonds is 8. The molecule has 0 spiro atoms. The fourth-order valence-corrected chi connectivity index (χ4v) is 4.37. The van der Waals surface area contributed by atoms with Crippen LogP contribution in [0.2, 0.25) is 0 Å². The summed E-state index contributed by atoms with van der Waals surface area (Å²) in [5, 5.41) is 0. The lowest BCUT2D eigenvalue weighted by Crippen LogP contribution is -2.41. The normalized spacial score (nSPS) is 20.3. The predicted molar refractivity (Wildman–Crippen MR) is 116 cm³/mol. The van der Waals surface area contributed by atoms with Crippen LogP contribution in [0, 0.1) is 0 Å². The van der Waals surface area contributed by atoms with Gasteiger partial charge < -0.3 is 9.47 Å². The third-order valence-corrected chi connectivity index (χ3v) is 6.14. The maximum Gasteiger partial charge on any atom is 0.339 e. The molecule has 0 N–H and O–H groups in total. The van der Waals surface area contributed by atoms with E-state index in [1.165, 1.54) is 12.8 Å². The average Bonchev–Trinajstić information content (AvgIpc) is 2.81. The monoisotopic (exact) mass is 416 g/mol. The first-order chi connectivity index (χ1) is 14.6. The number of esters is 2. The van der Waals surface area contributed by atoms with Crippen LogP contribution < -0.4 is 0 Å². The Morgan fingerprint density at radius 3 is 1.33 bits per heavy atom. The third-order valence-electron chi connectivity index (χ3n) is 6.14. The van der Waals surface area contributed by atoms with Crippen molar-refractivity contribution in [1.29, 1.82) is 0 Å². The fraction of sp³-hybridized carbons (Fsp3) is 0.667. The maximum atomic E-state index is 12.6. The lowest BCUT2D eigenvalue weighted by Gasteiger charge is -2.33. The molecule has 2 aliphatic rings. The van der Waals surface area contributed by atoms with Crippen LogP contribution in [0.1, 0.15) is 85.9 Å². The van der Waals surface area contributed by atoms with Crippen LogP contribution in [-0.2, 0) is 9.47 Å². The molecule has 3 rings (SSSR count). The molecule has 2 heterocycles. The molecule has 30 heavy (non-hydrogen) atoms. The van der Waals surface area contributed by atoms with Crippen molar-refractivity contribution < 1.29 is 19.1 Å². The smallest absolute Gasteiger partial charge is 0.339 e. The van der Waals surface area contributed by atoms with E-state index in [4.69, 9.17) is 9.47 Å². The van der Waals surface area contributed by atoms with Gasteiger partial charge in [0.15, 0.2) is 12.5 Å². The van der Waals surface area contributed by atoms with Crippen molar-refractivity contribution in [1.82, 2.24) is 9.80 Å². The Hall–Kier alpha value is -1.92. The van der Waals surface area contributed by atoms with E-state index >= 15 is 0 Å². The molecule has 6 heteroatoms. The second-order valence-electron chi connectivity index (χ2n) is 8.31. The van der Waals surface area contributed by atoms with Gasteiger partial charge in [-0.2, -0.15) is 0 Å². The van der Waals surface area contributed by atoms with Crippen molar-refractivity contribution in [3.05, 3.63) is 35.4 Å². The van der Waals surface area contributed by atoms with Gasteiger partial charge in [-0.15, -0.1) is 0 Å². The highest BCUT2D eigenvalue weighted by Crippen LogP contribution is 2.19. The van der Waals surface area contributed by atoms with Gasteiger partial charge in [-0.05, 0) is 62.8 Å². The minimum absolute atomic E-state index is 0.183. The molecule has 166 valence electrons. The number of nitrogens with zero attached hydrogens (tertiary/aromatic N) is 2. The summed E-state index contributed by atoms with van der Waals surface area (Å²) in [5.41, 5.74) is 0.926. The van der Waals surface area contributed by atoms with Crippen LogP contribution in [0.4, 0.5) is 0 Å². The molecule has 0 radical (unpaired) electrons. The first kappa shape index (κ1) is 22.8. The largest absolute Gasteiger partial charge is 0.443 e. The third kappa shape index (κ3) is 6.05. The van der Waals surface area contributed by atoms with E-state index in [1.807, 2.05) is 13.8 Å². The van der Waals surface area contributed by atoms with Crippen molar-refractivity contribution in [3.63, 3.8) is 0 Å². The van der Waals surface area contributed by atoms with Crippen LogP contribution in [-0.4, -0.2) is 60.4 Å². The minimum atomic E-state index is -0.341. The van der Waals surface area contributed by atoms with Crippen molar-refractivity contribution in [2.45, 2.75) is 77.7 Å². The molecule has 6 nitrogen and oxygen atoms in total. The van der Waals surface area contributed by atoms with Crippen LogP contribution in [0.15, 0.2) is 24.3 Å². The second kappa shape index (κ2) is 11.5. The highest BCUT2D eigenvalue weighted by Gasteiger charge is 2.25. The summed E-state index contributed by atoms with van der Waals surface area (Å²) in [5.74, 6) is -0.681. The lowest BCUT2D eigenvalue weighted by molar-refractivity contribution is -0.0419. The predicted octanol–water partition coefficient (Wildman–Crippen LogP) is 4.44. The molecule has 2 saturated heterocycles. The Balaban J connectivity index is 1.56. The Morgan fingerprint density at radius 2 is 1.03 bits per heavy atom. The summed E-state index contributed by atoms with van der Waals surface area (Å²) in [6.45, 7) is 7.99. The molecular weight excluding hydrogens is 380 g/mol. The van der Waals surface area contributed by atoms with Gasteiger partial charge >= 0.3 is 11.9 Å². The standard InChI is InChI=1S/C24H36N2O4/c1-3-21(25-15-7-5-8-16-25)29-23(27)19-11-13-20(14-12-19)24(28)30-22(4-2)26-17-9-6-10-18-26/h11-14,21-22H,3-10,15-18H2,1-2H3. The zero-order chi connectivity index (χ0) is 21.3. The van der Waals surface area contributed by atoms with Crippen molar-refractivity contribution >= 4 is 11.9 Å². The number of piperidine rings is 2. The summed E-state index contributed by atoms with van der Waals surface area (Å²) < 4.78 is 11.5. The molecule has 0 saturated carbocycles. The van der Waals surface area contributed by atoms with E-state index in [-0.39, 0.29) is 24.4 Å². The topological polar surface area (TPSA) is 59.1 Å². The minimum Gasteiger partial charge on any atom is -0.443 e. The number of benzene rings is 1. The number of carbonyl (C=O) groups excluding carboxylic acids is 2. The van der Waals surface area contributed by atoms with Crippen molar-refractivity contribution in [3.8, 4) is 0 Å². The second-order valence-corrected chi connectivity index (χ2v) is 8.31. The van der Waals surface area contributed by atoms with E-state index in [0.717, 1.165) is 64.7 Å². The van der Waals surface area contributed by atoms with E-state index in [1.54, 1.807) is 24.3 Å². The van der Waals surface area contributed by atoms with Gasteiger partial charge in [-0.25, -0.2) is 9.59 Å². The maximum absolute atomic E-state index is 12.6. The molecule has 2 unspecified atom stereocenters. The van der Waals surface area contributed by atoms with E-state index in [9.17, 15) is 9.59 Å². The molecule has 1 aromatic rings. The Kier molecular flexibility index (Phi) is 8.70. The first-order valence-electron chi connectivity index (χ1n) is 11.6. The Labute approximate surface area is 180 Å². The number of carbonyl (C=O) groups is 2. The number of likely N-dealkylation sites (tertiary alicyclic amines) is 2. The van der Waals surface area contributed by atoms with Gasteiger partial charge in [-0.3, -0.25) is 9.80 Å². The van der Waals surface area contributed by atoms with Crippen LogP contribution in [0.3, 0.4) is 0 Å². The number of hydrogen-bond acceptors (Lipinski definition) is 6. The Bertz CT molecular complexity index is 620. The Morgan fingerprint density at radius 1 is 0.700 bits per heavy atom. The summed E-state index contributed by atoms with van der Waals surface area (Å²) in [6.07, 6.45) is 8.28. The first-order valence-corrected chi connectivity index (χ1v) is 11.6. The fourth-order valence-electron chi connectivity index (χ4n) is 4.37. The van der Waals surface area contributed by atoms with Crippen LogP contribution in [0.5, 0.6) is 0 Å². The number of ether oxygens (including phenoxy) is 2. The highest BCUT2D eigenvalue weighted by atomic mass is 16.6. The summed E-state index contributed by atoms with van der Waals surface area (Å²) >= 11 is 0. The molecule has 0 bridgehead atoms. The van der Waals surface area contributed by atoms with Crippen LogP contribution >= 0.6 is 0 Å². The van der Waals surface area contributed by atoms with Gasteiger partial charge in [0.1, 0.15) is 0 Å². The summed E-state index contributed by atoms with van der Waals surface area (Å²) in [6, 6.07) is 6.63. The van der Waals surface area contributed by atoms with Crippen molar-refractivity contribution in [2.75, 3.05) is 26.2 Å². The van der Waals surface area contributed by atoms with E-state index in [0.29, 0.717) is 11.1 Å². The zero-order valence-electron chi connectivity index (χ0n) is 18.5. The molecule has 1 aromatic carbocycles. The van der Waals surface area contributed by atoms with Gasteiger partial charge in [0.2, 0.25) is 0 Å². The SMILES string of the molecule is CCC(OC(=O)c1ccc(C(=O)OC(CC)N2CCCCC2)cc1)N1CCCCC1. The quantitative estimate of drug-likeness (QED) is 0.584. The zero-order valence-corrected chi connectivity index (χ0v) is 18.5. The molecule has 2 aliphatic heterocycles. The molecule has 0 amide bonds. The average molecular weight is 417 g/mol. The summed E-state index contributed by atoms with van der Waals surface area (Å²) in [7, 11) is 0. The molecular formula is C24H36N2O4. The summed E-state index contributed by atoms with van der Waals surface area (Å²) in [4.78, 5) is 29.7. The molecule has 0 aromatic heterocycles. The van der Waals surface area contributed by atoms with E-state index in [2.05, 4.69) is 9.80 Å².